The van der Waals surface area contributed by atoms with Crippen molar-refractivity contribution in [3.63, 3.8) is 0 Å². The number of thioether (sulfide) groups is 1. The van der Waals surface area contributed by atoms with E-state index < -0.39 is 0 Å². The fourth-order valence-electron chi connectivity index (χ4n) is 1.70. The number of nitrogens with two attached hydrogens (primary N) is 1. The highest BCUT2D eigenvalue weighted by atomic mass is 32.2. The van der Waals surface area contributed by atoms with Crippen LogP contribution < -0.4 is 5.73 Å². The molecule has 1 aromatic heterocycles. The van der Waals surface area contributed by atoms with Crippen molar-refractivity contribution in [2.75, 3.05) is 19.0 Å². The summed E-state index contributed by atoms with van der Waals surface area (Å²) >= 11 is 1.59. The number of hydrogen-bond donors (Lipinski definition) is 1. The van der Waals surface area contributed by atoms with Crippen LogP contribution in [-0.2, 0) is 4.74 Å². The third-order valence-electron chi connectivity index (χ3n) is 2.98. The standard InChI is InChI=1S/C11H18N2O2S/c1-7-8(2)15-11(13-7)16-6-10(12)9-3-4-14-5-9/h9-10H,3-6,12H2,1-2H3. The normalized spacial score (nSPS) is 22.6. The largest absolute Gasteiger partial charge is 0.437 e. The van der Waals surface area contributed by atoms with Gasteiger partial charge in [-0.15, -0.1) is 0 Å². The van der Waals surface area contributed by atoms with Gasteiger partial charge in [-0.25, -0.2) is 4.98 Å². The van der Waals surface area contributed by atoms with E-state index in [2.05, 4.69) is 4.98 Å². The summed E-state index contributed by atoms with van der Waals surface area (Å²) in [6.45, 7) is 5.52. The fourth-order valence-corrected chi connectivity index (χ4v) is 2.69. The Kier molecular flexibility index (Phi) is 3.89. The van der Waals surface area contributed by atoms with Crippen molar-refractivity contribution in [1.29, 1.82) is 0 Å². The predicted octanol–water partition coefficient (Wildman–Crippen LogP) is 1.75. The maximum atomic E-state index is 6.10. The molecule has 0 bridgehead atoms. The Labute approximate surface area is 99.9 Å². The van der Waals surface area contributed by atoms with Crippen molar-refractivity contribution in [2.45, 2.75) is 31.5 Å². The summed E-state index contributed by atoms with van der Waals surface area (Å²) in [4.78, 5) is 4.32. The molecular weight excluding hydrogens is 224 g/mol. The maximum absolute atomic E-state index is 6.10. The zero-order valence-electron chi connectivity index (χ0n) is 9.73. The van der Waals surface area contributed by atoms with Crippen molar-refractivity contribution in [2.24, 2.45) is 11.7 Å². The lowest BCUT2D eigenvalue weighted by Gasteiger charge is -2.15. The molecule has 1 aliphatic heterocycles. The minimum Gasteiger partial charge on any atom is -0.437 e. The van der Waals surface area contributed by atoms with Crippen molar-refractivity contribution < 1.29 is 9.15 Å². The van der Waals surface area contributed by atoms with E-state index >= 15 is 0 Å². The average Bonchev–Trinajstić information content (AvgIpc) is 2.86. The van der Waals surface area contributed by atoms with Crippen LogP contribution in [0.4, 0.5) is 0 Å². The molecule has 1 saturated heterocycles. The third kappa shape index (κ3) is 2.78. The molecule has 0 amide bonds. The van der Waals surface area contributed by atoms with Gasteiger partial charge in [0.25, 0.3) is 5.22 Å². The van der Waals surface area contributed by atoms with Gasteiger partial charge in [0.05, 0.1) is 12.3 Å². The molecule has 0 aliphatic carbocycles. The zero-order chi connectivity index (χ0) is 11.5. The number of nitrogens with zero attached hydrogens (tertiary/aromatic N) is 1. The highest BCUT2D eigenvalue weighted by Gasteiger charge is 2.23. The first-order valence-corrected chi connectivity index (χ1v) is 6.55. The van der Waals surface area contributed by atoms with Crippen LogP contribution in [0.1, 0.15) is 17.9 Å². The third-order valence-corrected chi connectivity index (χ3v) is 3.95. The van der Waals surface area contributed by atoms with Crippen molar-refractivity contribution >= 4 is 11.8 Å². The van der Waals surface area contributed by atoms with Gasteiger partial charge < -0.3 is 14.9 Å². The molecule has 4 nitrogen and oxygen atoms in total. The second-order valence-electron chi connectivity index (χ2n) is 4.22. The second kappa shape index (κ2) is 5.21. The molecule has 2 unspecified atom stereocenters. The number of aryl methyl sites for hydroxylation is 2. The topological polar surface area (TPSA) is 61.3 Å². The molecule has 2 heterocycles. The van der Waals surface area contributed by atoms with E-state index in [1.54, 1.807) is 11.8 Å². The van der Waals surface area contributed by atoms with Gasteiger partial charge in [-0.05, 0) is 20.3 Å². The van der Waals surface area contributed by atoms with Gasteiger partial charge in [-0.3, -0.25) is 0 Å². The lowest BCUT2D eigenvalue weighted by Crippen LogP contribution is -2.32. The molecule has 1 aliphatic rings. The first-order valence-electron chi connectivity index (χ1n) is 5.57. The SMILES string of the molecule is Cc1nc(SCC(N)C2CCOC2)oc1C. The summed E-state index contributed by atoms with van der Waals surface area (Å²) in [6.07, 6.45) is 1.07. The number of aromatic nitrogens is 1. The Morgan fingerprint density at radius 2 is 2.38 bits per heavy atom. The van der Waals surface area contributed by atoms with Crippen LogP contribution in [0.15, 0.2) is 9.64 Å². The predicted molar refractivity (Wildman–Crippen MR) is 63.6 cm³/mol. The summed E-state index contributed by atoms with van der Waals surface area (Å²) in [6, 6.07) is 0.167. The Balaban J connectivity index is 1.82. The Morgan fingerprint density at radius 3 is 2.94 bits per heavy atom. The van der Waals surface area contributed by atoms with E-state index in [4.69, 9.17) is 14.9 Å². The molecule has 5 heteroatoms. The molecule has 2 rings (SSSR count). The average molecular weight is 242 g/mol. The molecule has 1 aromatic rings. The molecule has 2 N–H and O–H groups in total. The molecule has 0 saturated carbocycles. The van der Waals surface area contributed by atoms with E-state index in [1.807, 2.05) is 13.8 Å². The monoisotopic (exact) mass is 242 g/mol. The van der Waals surface area contributed by atoms with Gasteiger partial charge in [0.2, 0.25) is 0 Å². The Morgan fingerprint density at radius 1 is 1.56 bits per heavy atom. The van der Waals surface area contributed by atoms with Gasteiger partial charge in [0.15, 0.2) is 0 Å². The first-order chi connectivity index (χ1) is 7.66. The van der Waals surface area contributed by atoms with Crippen LogP contribution >= 0.6 is 11.8 Å². The molecule has 16 heavy (non-hydrogen) atoms. The van der Waals surface area contributed by atoms with Gasteiger partial charge >= 0.3 is 0 Å². The van der Waals surface area contributed by atoms with Crippen LogP contribution in [0.2, 0.25) is 0 Å². The van der Waals surface area contributed by atoms with Gasteiger partial charge in [0, 0.05) is 24.3 Å². The Bertz CT molecular complexity index is 328. The lowest BCUT2D eigenvalue weighted by atomic mass is 10.0. The first kappa shape index (κ1) is 12.0. The molecule has 1 fully saturated rings. The van der Waals surface area contributed by atoms with E-state index in [0.29, 0.717) is 5.92 Å². The van der Waals surface area contributed by atoms with Crippen LogP contribution in [0, 0.1) is 19.8 Å². The summed E-state index contributed by atoms with van der Waals surface area (Å²) in [5, 5.41) is 0.726. The zero-order valence-corrected chi connectivity index (χ0v) is 10.5. The molecule has 0 aromatic carbocycles. The van der Waals surface area contributed by atoms with Crippen molar-refractivity contribution in [3.8, 4) is 0 Å². The molecule has 90 valence electrons. The van der Waals surface area contributed by atoms with Crippen LogP contribution in [0.5, 0.6) is 0 Å². The summed E-state index contributed by atoms with van der Waals surface area (Å²) < 4.78 is 10.8. The summed E-state index contributed by atoms with van der Waals surface area (Å²) in [5.74, 6) is 2.22. The number of oxazole rings is 1. The summed E-state index contributed by atoms with van der Waals surface area (Å²) in [5.41, 5.74) is 7.06. The Hall–Kier alpha value is -0.520. The van der Waals surface area contributed by atoms with Gasteiger partial charge in [0.1, 0.15) is 5.76 Å². The minimum absolute atomic E-state index is 0.167. The van der Waals surface area contributed by atoms with E-state index in [0.717, 1.165) is 42.1 Å². The summed E-state index contributed by atoms with van der Waals surface area (Å²) in [7, 11) is 0. The smallest absolute Gasteiger partial charge is 0.256 e. The van der Waals surface area contributed by atoms with Gasteiger partial charge in [-0.1, -0.05) is 11.8 Å². The highest BCUT2D eigenvalue weighted by molar-refractivity contribution is 7.99. The highest BCUT2D eigenvalue weighted by Crippen LogP contribution is 2.24. The van der Waals surface area contributed by atoms with Gasteiger partial charge in [-0.2, -0.15) is 0 Å². The molecular formula is C11H18N2O2S. The molecule has 0 spiro atoms. The number of ether oxygens (including phenoxy) is 1. The number of hydrogen-bond acceptors (Lipinski definition) is 5. The minimum atomic E-state index is 0.167. The maximum Gasteiger partial charge on any atom is 0.256 e. The van der Waals surface area contributed by atoms with Crippen LogP contribution in [-0.4, -0.2) is 30.0 Å². The van der Waals surface area contributed by atoms with Crippen molar-refractivity contribution in [3.05, 3.63) is 11.5 Å². The van der Waals surface area contributed by atoms with Crippen LogP contribution in [0.25, 0.3) is 0 Å². The number of rotatable bonds is 4. The quantitative estimate of drug-likeness (QED) is 0.815. The molecule has 0 radical (unpaired) electrons. The van der Waals surface area contributed by atoms with E-state index in [9.17, 15) is 0 Å². The van der Waals surface area contributed by atoms with E-state index in [1.165, 1.54) is 0 Å². The van der Waals surface area contributed by atoms with Crippen molar-refractivity contribution in [1.82, 2.24) is 4.98 Å². The fraction of sp³-hybridized carbons (Fsp3) is 0.727. The van der Waals surface area contributed by atoms with Crippen LogP contribution in [0.3, 0.4) is 0 Å². The lowest BCUT2D eigenvalue weighted by molar-refractivity contribution is 0.182. The second-order valence-corrected chi connectivity index (χ2v) is 5.19. The van der Waals surface area contributed by atoms with E-state index in [-0.39, 0.29) is 6.04 Å². The molecule has 2 atom stereocenters.